The minimum atomic E-state index is -0.437. The van der Waals surface area contributed by atoms with E-state index in [9.17, 15) is 9.59 Å². The molecule has 2 heterocycles. The Kier molecular flexibility index (Phi) is 7.28. The smallest absolute Gasteiger partial charge is 0.247 e. The monoisotopic (exact) mass is 471 g/mol. The van der Waals surface area contributed by atoms with Crippen LogP contribution < -0.4 is 19.7 Å². The number of carbonyl (C=O) groups excluding carboxylic acids is 2. The van der Waals surface area contributed by atoms with Crippen molar-refractivity contribution in [3.63, 3.8) is 0 Å². The molecule has 7 nitrogen and oxygen atoms in total. The van der Waals surface area contributed by atoms with Crippen molar-refractivity contribution in [2.24, 2.45) is 0 Å². The third kappa shape index (κ3) is 5.53. The number of rotatable bonds is 6. The molecular weight excluding hydrogens is 442 g/mol. The van der Waals surface area contributed by atoms with Gasteiger partial charge in [-0.2, -0.15) is 0 Å². The number of hydrogen-bond acceptors (Lipinski definition) is 5. The summed E-state index contributed by atoms with van der Waals surface area (Å²) in [4.78, 5) is 28.6. The highest BCUT2D eigenvalue weighted by molar-refractivity contribution is 6.32. The molecule has 2 aliphatic heterocycles. The summed E-state index contributed by atoms with van der Waals surface area (Å²) in [6, 6.07) is 12.8. The van der Waals surface area contributed by atoms with Gasteiger partial charge in [-0.1, -0.05) is 11.6 Å². The number of anilines is 2. The number of halogens is 1. The zero-order valence-electron chi connectivity index (χ0n) is 19.1. The van der Waals surface area contributed by atoms with Crippen molar-refractivity contribution in [1.82, 2.24) is 4.90 Å². The van der Waals surface area contributed by atoms with Gasteiger partial charge < -0.3 is 24.6 Å². The fourth-order valence-corrected chi connectivity index (χ4v) is 4.74. The largest absolute Gasteiger partial charge is 0.497 e. The van der Waals surface area contributed by atoms with Crippen molar-refractivity contribution in [3.8, 4) is 11.5 Å². The second-order valence-corrected chi connectivity index (χ2v) is 8.94. The highest BCUT2D eigenvalue weighted by Crippen LogP contribution is 2.31. The van der Waals surface area contributed by atoms with Gasteiger partial charge in [0, 0.05) is 37.8 Å². The Bertz CT molecular complexity index is 998. The summed E-state index contributed by atoms with van der Waals surface area (Å²) >= 11 is 6.47. The molecule has 2 amide bonds. The minimum absolute atomic E-state index is 0.0245. The van der Waals surface area contributed by atoms with Crippen LogP contribution in [0.4, 0.5) is 11.4 Å². The second kappa shape index (κ2) is 10.3. The van der Waals surface area contributed by atoms with Crippen molar-refractivity contribution in [3.05, 3.63) is 47.5 Å². The van der Waals surface area contributed by atoms with Crippen LogP contribution in [0.3, 0.4) is 0 Å². The lowest BCUT2D eigenvalue weighted by Crippen LogP contribution is -2.49. The van der Waals surface area contributed by atoms with Gasteiger partial charge in [0.2, 0.25) is 11.8 Å². The number of piperidine rings is 1. The molecule has 176 valence electrons. The van der Waals surface area contributed by atoms with Crippen LogP contribution in [0, 0.1) is 0 Å². The Labute approximate surface area is 199 Å². The zero-order chi connectivity index (χ0) is 23.4. The molecule has 33 heavy (non-hydrogen) atoms. The number of hydrogen-bond donors (Lipinski definition) is 1. The minimum Gasteiger partial charge on any atom is -0.497 e. The van der Waals surface area contributed by atoms with Gasteiger partial charge in [0.1, 0.15) is 23.6 Å². The highest BCUT2D eigenvalue weighted by Gasteiger charge is 2.30. The Morgan fingerprint density at radius 2 is 1.85 bits per heavy atom. The van der Waals surface area contributed by atoms with Crippen molar-refractivity contribution in [2.75, 3.05) is 37.0 Å². The zero-order valence-corrected chi connectivity index (χ0v) is 19.8. The van der Waals surface area contributed by atoms with Gasteiger partial charge in [0.15, 0.2) is 0 Å². The maximum Gasteiger partial charge on any atom is 0.247 e. The van der Waals surface area contributed by atoms with Gasteiger partial charge in [-0.15, -0.1) is 0 Å². The van der Waals surface area contributed by atoms with E-state index in [2.05, 4.69) is 10.2 Å². The quantitative estimate of drug-likeness (QED) is 0.678. The number of methoxy groups -OCH3 is 1. The van der Waals surface area contributed by atoms with E-state index in [1.807, 2.05) is 24.3 Å². The Morgan fingerprint density at radius 3 is 2.55 bits per heavy atom. The molecule has 0 radical (unpaired) electrons. The molecule has 8 heteroatoms. The molecule has 2 fully saturated rings. The fourth-order valence-electron chi connectivity index (χ4n) is 4.51. The molecule has 0 saturated carbocycles. The summed E-state index contributed by atoms with van der Waals surface area (Å²) < 4.78 is 11.4. The lowest BCUT2D eigenvalue weighted by atomic mass is 10.0. The molecule has 0 spiro atoms. The van der Waals surface area contributed by atoms with Crippen molar-refractivity contribution < 1.29 is 19.1 Å². The molecule has 2 saturated heterocycles. The van der Waals surface area contributed by atoms with Crippen molar-refractivity contribution in [2.45, 2.75) is 44.8 Å². The summed E-state index contributed by atoms with van der Waals surface area (Å²) in [6.07, 6.45) is 3.45. The summed E-state index contributed by atoms with van der Waals surface area (Å²) in [7, 11) is 1.66. The highest BCUT2D eigenvalue weighted by atomic mass is 35.5. The van der Waals surface area contributed by atoms with E-state index in [-0.39, 0.29) is 17.9 Å². The first-order valence-corrected chi connectivity index (χ1v) is 11.8. The Balaban J connectivity index is 1.35. The average molecular weight is 472 g/mol. The normalized spacial score (nSPS) is 20.5. The van der Waals surface area contributed by atoms with Crippen LogP contribution in [0.2, 0.25) is 5.02 Å². The van der Waals surface area contributed by atoms with Crippen LogP contribution in [-0.4, -0.2) is 55.6 Å². The number of likely N-dealkylation sites (tertiary alicyclic amines) is 1. The first-order valence-electron chi connectivity index (χ1n) is 11.4. The van der Waals surface area contributed by atoms with E-state index in [1.54, 1.807) is 30.2 Å². The lowest BCUT2D eigenvalue weighted by Gasteiger charge is -2.33. The number of amides is 2. The number of nitrogens with one attached hydrogen (secondary N) is 1. The molecule has 4 rings (SSSR count). The first kappa shape index (κ1) is 23.2. The van der Waals surface area contributed by atoms with Crippen molar-refractivity contribution in [1.29, 1.82) is 0 Å². The molecule has 1 N–H and O–H groups in total. The maximum absolute atomic E-state index is 12.8. The van der Waals surface area contributed by atoms with Crippen LogP contribution >= 0.6 is 11.6 Å². The van der Waals surface area contributed by atoms with Crippen LogP contribution in [0.15, 0.2) is 42.5 Å². The predicted octanol–water partition coefficient (Wildman–Crippen LogP) is 4.35. The van der Waals surface area contributed by atoms with Gasteiger partial charge >= 0.3 is 0 Å². The molecule has 0 unspecified atom stereocenters. The predicted molar refractivity (Wildman–Crippen MR) is 129 cm³/mol. The van der Waals surface area contributed by atoms with Crippen LogP contribution in [0.1, 0.15) is 32.6 Å². The molecule has 0 aromatic heterocycles. The summed E-state index contributed by atoms with van der Waals surface area (Å²) in [5.41, 5.74) is 1.73. The van der Waals surface area contributed by atoms with E-state index in [0.717, 1.165) is 43.8 Å². The number of ether oxygens (including phenoxy) is 2. The van der Waals surface area contributed by atoms with E-state index in [1.165, 1.54) is 6.92 Å². The SMILES string of the molecule is COc1ccc(N2CC[C@H](Oc3ccc(NC(=O)[C@H]4CCCCN4C(C)=O)cc3Cl)C2)cc1. The number of benzene rings is 2. The van der Waals surface area contributed by atoms with Gasteiger partial charge in [0.25, 0.3) is 0 Å². The summed E-state index contributed by atoms with van der Waals surface area (Å²) in [6.45, 7) is 3.80. The fraction of sp³-hybridized carbons (Fsp3) is 0.440. The second-order valence-electron chi connectivity index (χ2n) is 8.53. The third-order valence-electron chi connectivity index (χ3n) is 6.29. The van der Waals surface area contributed by atoms with Gasteiger partial charge in [-0.05, 0) is 61.7 Å². The van der Waals surface area contributed by atoms with E-state index in [4.69, 9.17) is 21.1 Å². The standard InChI is InChI=1S/C25H30ClN3O4/c1-17(30)29-13-4-3-5-23(29)25(31)27-18-6-11-24(22(26)15-18)33-21-12-14-28(16-21)19-7-9-20(32-2)10-8-19/h6-11,15,21,23H,3-5,12-14,16H2,1-2H3,(H,27,31)/t21-,23+/m0/s1. The molecule has 2 aromatic carbocycles. The first-order chi connectivity index (χ1) is 15.9. The Morgan fingerprint density at radius 1 is 1.06 bits per heavy atom. The van der Waals surface area contributed by atoms with Gasteiger partial charge in [-0.3, -0.25) is 9.59 Å². The average Bonchev–Trinajstić information content (AvgIpc) is 3.29. The number of nitrogens with zero attached hydrogens (tertiary/aromatic N) is 2. The Hall–Kier alpha value is -2.93. The van der Waals surface area contributed by atoms with E-state index < -0.39 is 6.04 Å². The topological polar surface area (TPSA) is 71.1 Å². The molecular formula is C25H30ClN3O4. The van der Waals surface area contributed by atoms with Gasteiger partial charge in [-0.25, -0.2) is 0 Å². The van der Waals surface area contributed by atoms with Gasteiger partial charge in [0.05, 0.1) is 18.7 Å². The van der Waals surface area contributed by atoms with Crippen molar-refractivity contribution >= 4 is 34.8 Å². The van der Waals surface area contributed by atoms with Crippen LogP contribution in [-0.2, 0) is 9.59 Å². The van der Waals surface area contributed by atoms with Crippen LogP contribution in [0.25, 0.3) is 0 Å². The number of carbonyl (C=O) groups is 2. The van der Waals surface area contributed by atoms with E-state index in [0.29, 0.717) is 29.4 Å². The molecule has 0 aliphatic carbocycles. The summed E-state index contributed by atoms with van der Waals surface area (Å²) in [5.74, 6) is 1.18. The molecule has 0 bridgehead atoms. The van der Waals surface area contributed by atoms with Crippen LogP contribution in [0.5, 0.6) is 11.5 Å². The molecule has 2 atom stereocenters. The van der Waals surface area contributed by atoms with E-state index >= 15 is 0 Å². The lowest BCUT2D eigenvalue weighted by molar-refractivity contribution is -0.138. The molecule has 2 aromatic rings. The molecule has 2 aliphatic rings. The summed E-state index contributed by atoms with van der Waals surface area (Å²) in [5, 5.41) is 3.35. The maximum atomic E-state index is 12.8. The third-order valence-corrected chi connectivity index (χ3v) is 6.58.